The highest BCUT2D eigenvalue weighted by Crippen LogP contribution is 2.30. The van der Waals surface area contributed by atoms with E-state index in [1.807, 2.05) is 4.90 Å². The highest BCUT2D eigenvalue weighted by molar-refractivity contribution is 5.99. The normalized spacial score (nSPS) is 18.4. The zero-order chi connectivity index (χ0) is 18.0. The Balaban J connectivity index is 1.84. The molecule has 0 aromatic heterocycles. The van der Waals surface area contributed by atoms with Crippen LogP contribution in [0, 0.1) is 16.0 Å². The number of carboxylic acids is 1. The number of benzene rings is 1. The van der Waals surface area contributed by atoms with Gasteiger partial charge in [0, 0.05) is 37.9 Å². The molecule has 2 aliphatic rings. The van der Waals surface area contributed by atoms with Crippen LogP contribution in [0.5, 0.6) is 0 Å². The summed E-state index contributed by atoms with van der Waals surface area (Å²) in [5, 5.41) is 20.4. The van der Waals surface area contributed by atoms with E-state index in [-0.39, 0.29) is 23.1 Å². The number of nitro groups is 1. The van der Waals surface area contributed by atoms with Gasteiger partial charge in [-0.3, -0.25) is 19.7 Å². The van der Waals surface area contributed by atoms with Crippen molar-refractivity contribution in [3.63, 3.8) is 0 Å². The van der Waals surface area contributed by atoms with Gasteiger partial charge in [-0.2, -0.15) is 0 Å². The molecule has 0 bridgehead atoms. The fraction of sp³-hybridized carbons (Fsp3) is 0.529. The Morgan fingerprint density at radius 3 is 2.32 bits per heavy atom. The topological polar surface area (TPSA) is 104 Å². The van der Waals surface area contributed by atoms with Crippen LogP contribution in [0.15, 0.2) is 18.2 Å². The third-order valence-electron chi connectivity index (χ3n) is 5.01. The summed E-state index contributed by atoms with van der Waals surface area (Å²) in [5.41, 5.74) is 0.669. The van der Waals surface area contributed by atoms with Gasteiger partial charge in [-0.05, 0) is 37.8 Å². The predicted octanol–water partition coefficient (Wildman–Crippen LogP) is 2.13. The Hall–Kier alpha value is -2.64. The van der Waals surface area contributed by atoms with Gasteiger partial charge in [-0.1, -0.05) is 0 Å². The Labute approximate surface area is 145 Å². The van der Waals surface area contributed by atoms with Crippen LogP contribution in [-0.2, 0) is 4.79 Å². The monoisotopic (exact) mass is 347 g/mol. The van der Waals surface area contributed by atoms with Crippen LogP contribution in [0.4, 0.5) is 11.4 Å². The molecule has 2 aliphatic heterocycles. The van der Waals surface area contributed by atoms with Gasteiger partial charge < -0.3 is 14.9 Å². The molecule has 2 fully saturated rings. The van der Waals surface area contributed by atoms with E-state index in [2.05, 4.69) is 0 Å². The number of hydrogen-bond donors (Lipinski definition) is 1. The van der Waals surface area contributed by atoms with Crippen molar-refractivity contribution in [2.24, 2.45) is 5.92 Å². The molecule has 2 heterocycles. The highest BCUT2D eigenvalue weighted by atomic mass is 16.6. The van der Waals surface area contributed by atoms with Crippen LogP contribution in [0.25, 0.3) is 0 Å². The van der Waals surface area contributed by atoms with Gasteiger partial charge in [0.1, 0.15) is 5.56 Å². The Morgan fingerprint density at radius 1 is 1.12 bits per heavy atom. The van der Waals surface area contributed by atoms with Crippen molar-refractivity contribution in [1.29, 1.82) is 0 Å². The van der Waals surface area contributed by atoms with Crippen LogP contribution in [0.1, 0.15) is 36.0 Å². The third kappa shape index (κ3) is 3.57. The van der Waals surface area contributed by atoms with Crippen LogP contribution < -0.4 is 4.90 Å². The fourth-order valence-electron chi connectivity index (χ4n) is 3.53. The zero-order valence-corrected chi connectivity index (χ0v) is 13.9. The summed E-state index contributed by atoms with van der Waals surface area (Å²) in [6.07, 6.45) is 2.90. The molecule has 1 aromatic rings. The second-order valence-corrected chi connectivity index (χ2v) is 6.56. The second-order valence-electron chi connectivity index (χ2n) is 6.56. The summed E-state index contributed by atoms with van der Waals surface area (Å²) in [6, 6.07) is 4.60. The van der Waals surface area contributed by atoms with E-state index < -0.39 is 10.9 Å². The lowest BCUT2D eigenvalue weighted by Gasteiger charge is -2.32. The molecule has 0 unspecified atom stereocenters. The first-order chi connectivity index (χ1) is 12.0. The smallest absolute Gasteiger partial charge is 0.306 e. The second kappa shape index (κ2) is 7.08. The van der Waals surface area contributed by atoms with E-state index in [9.17, 15) is 19.7 Å². The zero-order valence-electron chi connectivity index (χ0n) is 13.9. The van der Waals surface area contributed by atoms with Crippen LogP contribution in [-0.4, -0.2) is 53.0 Å². The first-order valence-corrected chi connectivity index (χ1v) is 8.53. The standard InChI is InChI=1S/C17H21N3O5/c21-16(19-7-1-2-8-19)14-11-13(3-4-15(14)20(24)25)18-9-5-12(6-10-18)17(22)23/h3-4,11-12H,1-2,5-10H2,(H,22,23). The number of carbonyl (C=O) groups excluding carboxylic acids is 1. The van der Waals surface area contributed by atoms with E-state index in [4.69, 9.17) is 5.11 Å². The molecule has 0 aliphatic carbocycles. The minimum absolute atomic E-state index is 0.116. The van der Waals surface area contributed by atoms with Gasteiger partial charge in [0.2, 0.25) is 0 Å². The van der Waals surface area contributed by atoms with Gasteiger partial charge in [-0.25, -0.2) is 0 Å². The van der Waals surface area contributed by atoms with Gasteiger partial charge >= 0.3 is 5.97 Å². The maximum absolute atomic E-state index is 12.7. The SMILES string of the molecule is O=C(O)C1CCN(c2ccc([N+](=O)[O-])c(C(=O)N3CCCC3)c2)CC1. The molecule has 3 rings (SSSR count). The summed E-state index contributed by atoms with van der Waals surface area (Å²) in [7, 11) is 0. The average molecular weight is 347 g/mol. The Bertz CT molecular complexity index is 692. The number of nitro benzene ring substituents is 1. The molecular weight excluding hydrogens is 326 g/mol. The quantitative estimate of drug-likeness (QED) is 0.661. The lowest BCUT2D eigenvalue weighted by Crippen LogP contribution is -2.36. The molecule has 0 radical (unpaired) electrons. The molecule has 0 spiro atoms. The maximum atomic E-state index is 12.7. The molecule has 1 aromatic carbocycles. The van der Waals surface area contributed by atoms with Crippen LogP contribution in [0.2, 0.25) is 0 Å². The van der Waals surface area contributed by atoms with Crippen molar-refractivity contribution >= 4 is 23.3 Å². The number of likely N-dealkylation sites (tertiary alicyclic amines) is 1. The van der Waals surface area contributed by atoms with Crippen molar-refractivity contribution in [2.75, 3.05) is 31.1 Å². The number of rotatable bonds is 4. The predicted molar refractivity (Wildman–Crippen MR) is 90.8 cm³/mol. The van der Waals surface area contributed by atoms with Crippen molar-refractivity contribution < 1.29 is 19.6 Å². The van der Waals surface area contributed by atoms with E-state index in [1.54, 1.807) is 17.0 Å². The Kier molecular flexibility index (Phi) is 4.87. The summed E-state index contributed by atoms with van der Waals surface area (Å²) in [6.45, 7) is 2.38. The summed E-state index contributed by atoms with van der Waals surface area (Å²) in [5.74, 6) is -1.43. The number of amides is 1. The first-order valence-electron chi connectivity index (χ1n) is 8.53. The van der Waals surface area contributed by atoms with Crippen molar-refractivity contribution in [2.45, 2.75) is 25.7 Å². The molecule has 0 saturated carbocycles. The van der Waals surface area contributed by atoms with Crippen molar-refractivity contribution in [1.82, 2.24) is 4.90 Å². The number of anilines is 1. The Morgan fingerprint density at radius 2 is 1.76 bits per heavy atom. The first kappa shape index (κ1) is 17.2. The van der Waals surface area contributed by atoms with Gasteiger partial charge in [0.15, 0.2) is 0 Å². The summed E-state index contributed by atoms with van der Waals surface area (Å²) in [4.78, 5) is 38.2. The molecule has 8 heteroatoms. The third-order valence-corrected chi connectivity index (χ3v) is 5.01. The van der Waals surface area contributed by atoms with E-state index >= 15 is 0 Å². The minimum atomic E-state index is -0.784. The summed E-state index contributed by atoms with van der Waals surface area (Å²) >= 11 is 0. The molecule has 2 saturated heterocycles. The highest BCUT2D eigenvalue weighted by Gasteiger charge is 2.29. The van der Waals surface area contributed by atoms with E-state index in [0.717, 1.165) is 18.5 Å². The van der Waals surface area contributed by atoms with Crippen molar-refractivity contribution in [3.05, 3.63) is 33.9 Å². The number of carboxylic acid groups (broad SMARTS) is 1. The van der Waals surface area contributed by atoms with Gasteiger partial charge in [0.05, 0.1) is 10.8 Å². The number of hydrogen-bond acceptors (Lipinski definition) is 5. The van der Waals surface area contributed by atoms with E-state index in [1.165, 1.54) is 6.07 Å². The maximum Gasteiger partial charge on any atom is 0.306 e. The number of aliphatic carboxylic acids is 1. The number of nitrogens with zero attached hydrogens (tertiary/aromatic N) is 3. The number of piperidine rings is 1. The van der Waals surface area contributed by atoms with Crippen LogP contribution >= 0.6 is 0 Å². The van der Waals surface area contributed by atoms with Gasteiger partial charge in [-0.15, -0.1) is 0 Å². The molecule has 1 amide bonds. The number of carbonyl (C=O) groups is 2. The fourth-order valence-corrected chi connectivity index (χ4v) is 3.53. The summed E-state index contributed by atoms with van der Waals surface area (Å²) < 4.78 is 0. The molecule has 1 N–H and O–H groups in total. The average Bonchev–Trinajstić information content (AvgIpc) is 3.15. The largest absolute Gasteiger partial charge is 0.481 e. The lowest BCUT2D eigenvalue weighted by atomic mass is 9.96. The molecule has 8 nitrogen and oxygen atoms in total. The molecular formula is C17H21N3O5. The lowest BCUT2D eigenvalue weighted by molar-refractivity contribution is -0.385. The van der Waals surface area contributed by atoms with E-state index in [0.29, 0.717) is 39.0 Å². The van der Waals surface area contributed by atoms with Crippen LogP contribution in [0.3, 0.4) is 0 Å². The minimum Gasteiger partial charge on any atom is -0.481 e. The van der Waals surface area contributed by atoms with Gasteiger partial charge in [0.25, 0.3) is 11.6 Å². The molecule has 25 heavy (non-hydrogen) atoms. The van der Waals surface area contributed by atoms with Crippen molar-refractivity contribution in [3.8, 4) is 0 Å². The molecule has 0 atom stereocenters. The molecule has 134 valence electrons.